The van der Waals surface area contributed by atoms with Crippen LogP contribution in [-0.4, -0.2) is 47.8 Å². The van der Waals surface area contributed by atoms with Gasteiger partial charge in [-0.15, -0.1) is 0 Å². The van der Waals surface area contributed by atoms with Crippen molar-refractivity contribution in [3.8, 4) is 11.4 Å². The fraction of sp³-hybridized carbons (Fsp3) is 0.480. The van der Waals surface area contributed by atoms with Crippen LogP contribution in [0.25, 0.3) is 11.4 Å². The lowest BCUT2D eigenvalue weighted by atomic mass is 10.0. The van der Waals surface area contributed by atoms with Crippen LogP contribution in [0.15, 0.2) is 42.7 Å². The number of fused-ring (bicyclic) bond motifs is 1. The second kappa shape index (κ2) is 8.90. The molecule has 0 radical (unpaired) electrons. The topological polar surface area (TPSA) is 76.2 Å². The molecule has 1 aromatic carbocycles. The predicted octanol–water partition coefficient (Wildman–Crippen LogP) is 3.74. The Hall–Kier alpha value is -2.93. The smallest absolute Gasteiger partial charge is 0.274 e. The van der Waals surface area contributed by atoms with Crippen LogP contribution >= 0.6 is 0 Å². The van der Waals surface area contributed by atoms with Gasteiger partial charge in [0, 0.05) is 43.5 Å². The summed E-state index contributed by atoms with van der Waals surface area (Å²) in [4.78, 5) is 20.6. The molecule has 2 atom stereocenters. The number of rotatable bonds is 5. The third-order valence-electron chi connectivity index (χ3n) is 6.85. The Morgan fingerprint density at radius 3 is 2.78 bits per heavy atom. The Kier molecular flexibility index (Phi) is 5.83. The standard InChI is InChI=1S/C25H31N5O2/c1-28-17-19(16-26-28)22(31)15-20-11-8-14-29(20)25(32)23-21-12-6-3-7-13-30(21)24(27-23)18-9-4-2-5-10-18/h2,4-5,9-10,16-17,20,22,31H,3,6-8,11-15H2,1H3. The molecule has 0 saturated carbocycles. The highest BCUT2D eigenvalue weighted by Gasteiger charge is 2.35. The van der Waals surface area contributed by atoms with Crippen LogP contribution in [0, 0.1) is 0 Å². The fourth-order valence-electron chi connectivity index (χ4n) is 5.19. The van der Waals surface area contributed by atoms with Gasteiger partial charge in [-0.1, -0.05) is 36.8 Å². The van der Waals surface area contributed by atoms with Gasteiger partial charge in [-0.25, -0.2) is 4.98 Å². The van der Waals surface area contributed by atoms with Gasteiger partial charge >= 0.3 is 0 Å². The van der Waals surface area contributed by atoms with Gasteiger partial charge in [0.25, 0.3) is 5.91 Å². The van der Waals surface area contributed by atoms with Crippen LogP contribution in [0.3, 0.4) is 0 Å². The first-order valence-electron chi connectivity index (χ1n) is 11.7. The Balaban J connectivity index is 1.43. The number of carbonyl (C=O) groups is 1. The van der Waals surface area contributed by atoms with Crippen LogP contribution < -0.4 is 0 Å². The number of hydrogen-bond donors (Lipinski definition) is 1. The van der Waals surface area contributed by atoms with Crippen molar-refractivity contribution in [2.24, 2.45) is 7.05 Å². The largest absolute Gasteiger partial charge is 0.388 e. The van der Waals surface area contributed by atoms with Crippen molar-refractivity contribution in [2.45, 2.75) is 63.6 Å². The van der Waals surface area contributed by atoms with E-state index < -0.39 is 6.10 Å². The number of amides is 1. The summed E-state index contributed by atoms with van der Waals surface area (Å²) in [7, 11) is 1.84. The molecule has 0 spiro atoms. The number of carbonyl (C=O) groups excluding carboxylic acids is 1. The molecule has 0 bridgehead atoms. The molecule has 1 fully saturated rings. The zero-order valence-corrected chi connectivity index (χ0v) is 18.7. The third kappa shape index (κ3) is 3.97. The van der Waals surface area contributed by atoms with Crippen molar-refractivity contribution in [3.63, 3.8) is 0 Å². The molecule has 2 unspecified atom stereocenters. The molecule has 1 saturated heterocycles. The lowest BCUT2D eigenvalue weighted by molar-refractivity contribution is 0.0660. The van der Waals surface area contributed by atoms with Crippen molar-refractivity contribution in [1.82, 2.24) is 24.2 Å². The number of aromatic nitrogens is 4. The maximum Gasteiger partial charge on any atom is 0.274 e. The highest BCUT2D eigenvalue weighted by Crippen LogP contribution is 2.32. The number of nitrogens with zero attached hydrogens (tertiary/aromatic N) is 5. The summed E-state index contributed by atoms with van der Waals surface area (Å²) in [5, 5.41) is 14.9. The summed E-state index contributed by atoms with van der Waals surface area (Å²) in [6.07, 6.45) is 9.57. The lowest BCUT2D eigenvalue weighted by Gasteiger charge is -2.26. The molecule has 3 aromatic rings. The molecule has 168 valence electrons. The summed E-state index contributed by atoms with van der Waals surface area (Å²) in [5.74, 6) is 0.913. The fourth-order valence-corrected chi connectivity index (χ4v) is 5.19. The van der Waals surface area contributed by atoms with E-state index in [-0.39, 0.29) is 11.9 Å². The molecule has 2 aliphatic rings. The maximum atomic E-state index is 13.8. The number of aryl methyl sites for hydroxylation is 1. The molecular weight excluding hydrogens is 402 g/mol. The van der Waals surface area contributed by atoms with Gasteiger partial charge in [0.2, 0.25) is 0 Å². The number of likely N-dealkylation sites (tertiary alicyclic amines) is 1. The molecule has 1 amide bonds. The van der Waals surface area contributed by atoms with E-state index in [4.69, 9.17) is 4.98 Å². The second-order valence-corrected chi connectivity index (χ2v) is 9.05. The predicted molar refractivity (Wildman–Crippen MR) is 122 cm³/mol. The number of aliphatic hydroxyl groups excluding tert-OH is 1. The zero-order chi connectivity index (χ0) is 22.1. The van der Waals surface area contributed by atoms with E-state index in [0.29, 0.717) is 12.1 Å². The SMILES string of the molecule is Cn1cc(C(O)CC2CCCN2C(=O)c2nc(-c3ccccc3)n3c2CCCCC3)cn1. The number of aliphatic hydroxyl groups is 1. The van der Waals surface area contributed by atoms with Gasteiger partial charge < -0.3 is 14.6 Å². The van der Waals surface area contributed by atoms with Crippen molar-refractivity contribution < 1.29 is 9.90 Å². The minimum absolute atomic E-state index is 0.0127. The normalized spacial score (nSPS) is 19.6. The highest BCUT2D eigenvalue weighted by molar-refractivity contribution is 5.94. The highest BCUT2D eigenvalue weighted by atomic mass is 16.3. The van der Waals surface area contributed by atoms with Crippen molar-refractivity contribution in [1.29, 1.82) is 0 Å². The molecule has 4 heterocycles. The van der Waals surface area contributed by atoms with E-state index in [9.17, 15) is 9.90 Å². The minimum Gasteiger partial charge on any atom is -0.388 e. The van der Waals surface area contributed by atoms with Crippen LogP contribution in [-0.2, 0) is 20.0 Å². The molecule has 0 aliphatic carbocycles. The van der Waals surface area contributed by atoms with Gasteiger partial charge in [-0.05, 0) is 38.5 Å². The lowest BCUT2D eigenvalue weighted by Crippen LogP contribution is -2.37. The first kappa shape index (κ1) is 20.9. The Morgan fingerprint density at radius 1 is 1.16 bits per heavy atom. The molecule has 2 aromatic heterocycles. The Bertz CT molecular complexity index is 1090. The molecule has 32 heavy (non-hydrogen) atoms. The second-order valence-electron chi connectivity index (χ2n) is 9.05. The average molecular weight is 434 g/mol. The van der Waals surface area contributed by atoms with Gasteiger partial charge in [0.1, 0.15) is 11.5 Å². The first-order chi connectivity index (χ1) is 15.6. The molecular formula is C25H31N5O2. The van der Waals surface area contributed by atoms with Crippen molar-refractivity contribution in [3.05, 3.63) is 59.7 Å². The van der Waals surface area contributed by atoms with E-state index in [0.717, 1.165) is 67.8 Å². The number of imidazole rings is 1. The van der Waals surface area contributed by atoms with Gasteiger partial charge in [0.05, 0.1) is 18.0 Å². The average Bonchev–Trinajstić information content (AvgIpc) is 3.49. The first-order valence-corrected chi connectivity index (χ1v) is 11.7. The zero-order valence-electron chi connectivity index (χ0n) is 18.7. The molecule has 1 N–H and O–H groups in total. The summed E-state index contributed by atoms with van der Waals surface area (Å²) < 4.78 is 3.97. The van der Waals surface area contributed by atoms with E-state index in [1.54, 1.807) is 10.9 Å². The van der Waals surface area contributed by atoms with Crippen molar-refractivity contribution >= 4 is 5.91 Å². The van der Waals surface area contributed by atoms with E-state index in [1.165, 1.54) is 6.42 Å². The van der Waals surface area contributed by atoms with Gasteiger partial charge in [-0.3, -0.25) is 9.48 Å². The van der Waals surface area contributed by atoms with Crippen molar-refractivity contribution in [2.75, 3.05) is 6.54 Å². The minimum atomic E-state index is -0.624. The van der Waals surface area contributed by atoms with E-state index in [2.05, 4.69) is 21.8 Å². The maximum absolute atomic E-state index is 13.8. The molecule has 5 rings (SSSR count). The van der Waals surface area contributed by atoms with Crippen LogP contribution in [0.1, 0.15) is 66.4 Å². The van der Waals surface area contributed by atoms with E-state index in [1.807, 2.05) is 36.3 Å². The van der Waals surface area contributed by atoms with E-state index >= 15 is 0 Å². The summed E-state index contributed by atoms with van der Waals surface area (Å²) in [6.45, 7) is 1.62. The number of hydrogen-bond acceptors (Lipinski definition) is 4. The summed E-state index contributed by atoms with van der Waals surface area (Å²) in [6, 6.07) is 10.2. The molecule has 2 aliphatic heterocycles. The monoisotopic (exact) mass is 433 g/mol. The van der Waals surface area contributed by atoms with Crippen LogP contribution in [0.2, 0.25) is 0 Å². The summed E-state index contributed by atoms with van der Waals surface area (Å²) in [5.41, 5.74) is 3.53. The quantitative estimate of drug-likeness (QED) is 0.665. The van der Waals surface area contributed by atoms with Crippen LogP contribution in [0.5, 0.6) is 0 Å². The Labute approximate surface area is 188 Å². The summed E-state index contributed by atoms with van der Waals surface area (Å²) >= 11 is 0. The molecule has 7 nitrogen and oxygen atoms in total. The van der Waals surface area contributed by atoms with Crippen LogP contribution in [0.4, 0.5) is 0 Å². The molecule has 7 heteroatoms. The Morgan fingerprint density at radius 2 is 2.00 bits per heavy atom. The van der Waals surface area contributed by atoms with Gasteiger partial charge in [0.15, 0.2) is 0 Å². The number of benzene rings is 1. The third-order valence-corrected chi connectivity index (χ3v) is 6.85. The van der Waals surface area contributed by atoms with Gasteiger partial charge in [-0.2, -0.15) is 5.10 Å².